The van der Waals surface area contributed by atoms with Crippen LogP contribution >= 0.6 is 17.0 Å². The van der Waals surface area contributed by atoms with Gasteiger partial charge in [0.15, 0.2) is 5.69 Å². The van der Waals surface area contributed by atoms with E-state index in [0.717, 1.165) is 22.5 Å². The van der Waals surface area contributed by atoms with Crippen LogP contribution in [0, 0.1) is 0 Å². The number of rotatable bonds is 3. The molecule has 0 aliphatic rings. The van der Waals surface area contributed by atoms with E-state index in [1.165, 1.54) is 0 Å². The van der Waals surface area contributed by atoms with Gasteiger partial charge in [0.2, 0.25) is 5.96 Å². The third-order valence-electron chi connectivity index (χ3n) is 3.67. The van der Waals surface area contributed by atoms with Crippen LogP contribution in [0.1, 0.15) is 5.56 Å². The summed E-state index contributed by atoms with van der Waals surface area (Å²) < 4.78 is 4.28. The highest BCUT2D eigenvalue weighted by Gasteiger charge is 2.14. The zero-order valence-corrected chi connectivity index (χ0v) is 17.2. The van der Waals surface area contributed by atoms with Crippen molar-refractivity contribution in [1.29, 1.82) is 0 Å². The van der Waals surface area contributed by atoms with Crippen molar-refractivity contribution in [3.63, 3.8) is 0 Å². The zero-order valence-electron chi connectivity index (χ0n) is 13.9. The van der Waals surface area contributed by atoms with Crippen LogP contribution in [0.25, 0.3) is 16.9 Å². The summed E-state index contributed by atoms with van der Waals surface area (Å²) in [6, 6.07) is 14.3. The first-order valence-corrected chi connectivity index (χ1v) is 7.26. The van der Waals surface area contributed by atoms with E-state index in [-0.39, 0.29) is 39.9 Å². The van der Waals surface area contributed by atoms with E-state index in [1.54, 1.807) is 13.3 Å². The van der Waals surface area contributed by atoms with Gasteiger partial charge in [0.1, 0.15) is 6.20 Å². The lowest BCUT2D eigenvalue weighted by Crippen LogP contribution is -3.00. The molecule has 0 saturated heterocycles. The van der Waals surface area contributed by atoms with Gasteiger partial charge in [0.25, 0.3) is 5.65 Å². The summed E-state index contributed by atoms with van der Waals surface area (Å²) in [7, 11) is 3.67. The highest BCUT2D eigenvalue weighted by Crippen LogP contribution is 2.19. The van der Waals surface area contributed by atoms with E-state index >= 15 is 0 Å². The molecule has 25 heavy (non-hydrogen) atoms. The van der Waals surface area contributed by atoms with Crippen molar-refractivity contribution in [2.75, 3.05) is 7.05 Å². The quantitative estimate of drug-likeness (QED) is 0.222. The second-order valence-corrected chi connectivity index (χ2v) is 5.14. The van der Waals surface area contributed by atoms with Crippen LogP contribution in [0.15, 0.2) is 65.0 Å². The van der Waals surface area contributed by atoms with Crippen LogP contribution in [-0.2, 0) is 7.05 Å². The number of fused-ring (bicyclic) bond motifs is 1. The molecule has 0 aliphatic carbocycles. The Morgan fingerprint density at radius 3 is 2.56 bits per heavy atom. The molecule has 0 unspecified atom stereocenters. The summed E-state index contributed by atoms with van der Waals surface area (Å²) in [4.78, 5) is 3.77. The Balaban J connectivity index is 0.00000156. The molecule has 0 saturated carbocycles. The summed E-state index contributed by atoms with van der Waals surface area (Å²) in [5.41, 5.74) is 12.6. The van der Waals surface area contributed by atoms with E-state index in [4.69, 9.17) is 5.73 Å². The molecule has 3 aromatic rings. The van der Waals surface area contributed by atoms with Crippen LogP contribution in [-0.4, -0.2) is 23.8 Å². The number of aromatic nitrogens is 2. The van der Waals surface area contributed by atoms with Crippen LogP contribution < -0.4 is 32.5 Å². The minimum absolute atomic E-state index is 0. The molecular formula is C17H20Br2N6. The third-order valence-corrected chi connectivity index (χ3v) is 3.67. The number of hydrogen-bond acceptors (Lipinski definition) is 2. The summed E-state index contributed by atoms with van der Waals surface area (Å²) in [5.74, 6) is 0.283. The van der Waals surface area contributed by atoms with Crippen LogP contribution in [0.4, 0.5) is 0 Å². The average Bonchev–Trinajstić information content (AvgIpc) is 2.93. The fourth-order valence-electron chi connectivity index (χ4n) is 2.41. The number of benzene rings is 1. The molecule has 3 N–H and O–H groups in total. The largest absolute Gasteiger partial charge is 1.00 e. The molecule has 0 amide bonds. The highest BCUT2D eigenvalue weighted by atomic mass is 79.9. The van der Waals surface area contributed by atoms with E-state index in [1.807, 2.05) is 30.5 Å². The Morgan fingerprint density at radius 1 is 1.20 bits per heavy atom. The molecular weight excluding hydrogens is 448 g/mol. The van der Waals surface area contributed by atoms with E-state index in [2.05, 4.69) is 55.9 Å². The summed E-state index contributed by atoms with van der Waals surface area (Å²) in [6.45, 7) is 0. The molecule has 0 radical (unpaired) electrons. The van der Waals surface area contributed by atoms with Gasteiger partial charge < -0.3 is 22.7 Å². The van der Waals surface area contributed by atoms with Crippen molar-refractivity contribution in [3.8, 4) is 11.3 Å². The van der Waals surface area contributed by atoms with Crippen molar-refractivity contribution < 1.29 is 21.4 Å². The Morgan fingerprint density at radius 2 is 1.92 bits per heavy atom. The Hall–Kier alpha value is -2.19. The van der Waals surface area contributed by atoms with E-state index in [0.29, 0.717) is 0 Å². The number of nitrogens with zero attached hydrogens (tertiary/aromatic N) is 4. The number of nitrogens with one attached hydrogen (secondary N) is 1. The smallest absolute Gasteiger partial charge is 0.286 e. The Kier molecular flexibility index (Phi) is 7.79. The maximum absolute atomic E-state index is 5.51. The topological polar surface area (TPSA) is 71.8 Å². The van der Waals surface area contributed by atoms with Gasteiger partial charge in [-0.15, -0.1) is 17.0 Å². The van der Waals surface area contributed by atoms with Gasteiger partial charge in [-0.25, -0.2) is 14.4 Å². The molecule has 0 aliphatic heterocycles. The number of aliphatic imine (C=N–C) groups is 1. The molecule has 0 atom stereocenters. The van der Waals surface area contributed by atoms with Crippen molar-refractivity contribution >= 4 is 34.8 Å². The summed E-state index contributed by atoms with van der Waals surface area (Å²) >= 11 is 0. The molecule has 3 rings (SSSR count). The van der Waals surface area contributed by atoms with Gasteiger partial charge in [0.05, 0.1) is 19.5 Å². The summed E-state index contributed by atoms with van der Waals surface area (Å²) in [6.07, 6.45) is 5.88. The second kappa shape index (κ2) is 9.33. The van der Waals surface area contributed by atoms with Gasteiger partial charge in [-0.05, 0) is 23.8 Å². The predicted octanol–water partition coefficient (Wildman–Crippen LogP) is -1.12. The first kappa shape index (κ1) is 20.9. The first-order chi connectivity index (χ1) is 11.2. The second-order valence-electron chi connectivity index (χ2n) is 5.14. The molecule has 8 heteroatoms. The van der Waals surface area contributed by atoms with Gasteiger partial charge >= 0.3 is 0 Å². The molecule has 132 valence electrons. The first-order valence-electron chi connectivity index (χ1n) is 7.26. The predicted molar refractivity (Wildman–Crippen MR) is 103 cm³/mol. The number of hydrogen-bond donors (Lipinski definition) is 2. The lowest BCUT2D eigenvalue weighted by atomic mass is 10.1. The Bertz CT molecular complexity index is 884. The number of halogens is 2. The van der Waals surface area contributed by atoms with Crippen molar-refractivity contribution in [2.45, 2.75) is 0 Å². The molecule has 6 nitrogen and oxygen atoms in total. The monoisotopic (exact) mass is 466 g/mol. The molecule has 2 heterocycles. The summed E-state index contributed by atoms with van der Waals surface area (Å²) in [5, 5.41) is 4.03. The lowest BCUT2D eigenvalue weighted by Gasteiger charge is -1.99. The van der Waals surface area contributed by atoms with E-state index in [9.17, 15) is 0 Å². The normalized spacial score (nSPS) is 11.2. The number of guanidine groups is 1. The highest BCUT2D eigenvalue weighted by molar-refractivity contribution is 8.93. The van der Waals surface area contributed by atoms with E-state index < -0.39 is 0 Å². The fourth-order valence-corrected chi connectivity index (χ4v) is 2.41. The number of pyridine rings is 1. The van der Waals surface area contributed by atoms with Gasteiger partial charge in [0, 0.05) is 18.7 Å². The molecule has 0 fully saturated rings. The maximum atomic E-state index is 5.51. The van der Waals surface area contributed by atoms with Crippen LogP contribution in [0.5, 0.6) is 0 Å². The van der Waals surface area contributed by atoms with Crippen molar-refractivity contribution in [2.24, 2.45) is 22.9 Å². The Labute approximate surface area is 167 Å². The van der Waals surface area contributed by atoms with Crippen molar-refractivity contribution in [3.05, 3.63) is 60.4 Å². The number of aryl methyl sites for hydroxylation is 1. The molecule has 2 aromatic heterocycles. The van der Waals surface area contributed by atoms with Crippen molar-refractivity contribution in [1.82, 2.24) is 9.99 Å². The van der Waals surface area contributed by atoms with Crippen LogP contribution in [0.2, 0.25) is 0 Å². The fraction of sp³-hybridized carbons (Fsp3) is 0.118. The standard InChI is InChI=1S/C17H19N6.2BrH/c1-19-17(18)21-20-11-13-6-8-14(9-7-13)15-12-23-10-4-3-5-16(23)22(15)2;;/h3-12H,1-2H3,(H3,18,19,21);2*1H/q+1;;/p-1/b20-11+;;. The molecule has 0 spiro atoms. The number of hydrazone groups is 1. The lowest BCUT2D eigenvalue weighted by molar-refractivity contribution is -0.510. The number of imidazole rings is 1. The maximum Gasteiger partial charge on any atom is 0.286 e. The minimum atomic E-state index is 0. The molecule has 1 aromatic carbocycles. The number of nitrogens with two attached hydrogens (primary N) is 1. The zero-order chi connectivity index (χ0) is 16.2. The minimum Gasteiger partial charge on any atom is -1.00 e. The average molecular weight is 468 g/mol. The SMILES string of the molecule is Br.CN=C(N)N/N=C/c1ccc(-c2c[n+]3ccccc3n2C)cc1.[Br-]. The van der Waals surface area contributed by atoms with Gasteiger partial charge in [-0.1, -0.05) is 18.2 Å². The molecule has 0 bridgehead atoms. The third kappa shape index (κ3) is 4.67. The van der Waals surface area contributed by atoms with Crippen LogP contribution in [0.3, 0.4) is 0 Å². The van der Waals surface area contributed by atoms with Gasteiger partial charge in [-0.2, -0.15) is 5.10 Å². The van der Waals surface area contributed by atoms with Gasteiger partial charge in [-0.3, -0.25) is 4.99 Å².